The number of ether oxygens (including phenoxy) is 2. The third kappa shape index (κ3) is 3.70. The lowest BCUT2D eigenvalue weighted by Gasteiger charge is -2.27. The molecule has 0 aliphatic carbocycles. The first-order valence-electron chi connectivity index (χ1n) is 8.26. The Morgan fingerprint density at radius 3 is 2.92 bits per heavy atom. The Hall–Kier alpha value is -2.49. The Kier molecular flexibility index (Phi) is 5.04. The van der Waals surface area contributed by atoms with Gasteiger partial charge in [-0.25, -0.2) is 0 Å². The van der Waals surface area contributed by atoms with Crippen LogP contribution in [-0.4, -0.2) is 31.6 Å². The molecule has 1 atom stereocenters. The molecule has 0 fully saturated rings. The third-order valence-electron chi connectivity index (χ3n) is 4.48. The summed E-state index contributed by atoms with van der Waals surface area (Å²) >= 11 is 0. The van der Waals surface area contributed by atoms with Crippen LogP contribution in [0.4, 0.5) is 0 Å². The fourth-order valence-corrected chi connectivity index (χ4v) is 3.13. The van der Waals surface area contributed by atoms with Gasteiger partial charge in [-0.1, -0.05) is 30.3 Å². The Morgan fingerprint density at radius 2 is 2.08 bits per heavy atom. The van der Waals surface area contributed by atoms with Gasteiger partial charge in [-0.3, -0.25) is 4.79 Å². The molecule has 2 aromatic carbocycles. The first-order valence-corrected chi connectivity index (χ1v) is 8.26. The maximum atomic E-state index is 12.6. The third-order valence-corrected chi connectivity index (χ3v) is 4.48. The van der Waals surface area contributed by atoms with E-state index in [0.717, 1.165) is 29.0 Å². The molecule has 0 aromatic heterocycles. The van der Waals surface area contributed by atoms with E-state index in [4.69, 9.17) is 9.47 Å². The van der Waals surface area contributed by atoms with Gasteiger partial charge in [-0.2, -0.15) is 0 Å². The van der Waals surface area contributed by atoms with Gasteiger partial charge in [-0.15, -0.1) is 0 Å². The lowest BCUT2D eigenvalue weighted by atomic mass is 9.90. The summed E-state index contributed by atoms with van der Waals surface area (Å²) < 4.78 is 10.9. The number of carbonyl (C=O) groups is 1. The van der Waals surface area contributed by atoms with Gasteiger partial charge in [0.05, 0.1) is 13.7 Å². The Morgan fingerprint density at radius 1 is 1.25 bits per heavy atom. The van der Waals surface area contributed by atoms with Crippen molar-refractivity contribution in [2.45, 2.75) is 25.3 Å². The van der Waals surface area contributed by atoms with Gasteiger partial charge in [0.15, 0.2) is 0 Å². The molecule has 0 saturated carbocycles. The largest absolute Gasteiger partial charge is 0.497 e. The molecular weight excluding hydrogens is 302 g/mol. The van der Waals surface area contributed by atoms with Crippen LogP contribution in [0, 0.1) is 0 Å². The van der Waals surface area contributed by atoms with Crippen LogP contribution >= 0.6 is 0 Å². The van der Waals surface area contributed by atoms with E-state index in [1.165, 1.54) is 0 Å². The molecule has 0 N–H and O–H groups in total. The average Bonchev–Trinajstić information content (AvgIpc) is 2.62. The molecule has 4 heteroatoms. The quantitative estimate of drug-likeness (QED) is 0.843. The van der Waals surface area contributed by atoms with Gasteiger partial charge >= 0.3 is 0 Å². The van der Waals surface area contributed by atoms with Crippen molar-refractivity contribution >= 4 is 5.91 Å². The number of rotatable bonds is 5. The van der Waals surface area contributed by atoms with E-state index in [9.17, 15) is 4.79 Å². The molecule has 0 spiro atoms. The lowest BCUT2D eigenvalue weighted by Crippen LogP contribution is -2.29. The molecule has 1 unspecified atom stereocenters. The smallest absolute Gasteiger partial charge is 0.223 e. The first kappa shape index (κ1) is 16.4. The maximum absolute atomic E-state index is 12.6. The van der Waals surface area contributed by atoms with E-state index < -0.39 is 0 Å². The highest BCUT2D eigenvalue weighted by Crippen LogP contribution is 2.35. The van der Waals surface area contributed by atoms with Crippen molar-refractivity contribution in [3.8, 4) is 11.5 Å². The van der Waals surface area contributed by atoms with Gasteiger partial charge in [0, 0.05) is 20.0 Å². The zero-order chi connectivity index (χ0) is 16.9. The van der Waals surface area contributed by atoms with Crippen LogP contribution in [0.5, 0.6) is 11.5 Å². The van der Waals surface area contributed by atoms with Crippen LogP contribution in [-0.2, 0) is 11.3 Å². The van der Waals surface area contributed by atoms with Crippen LogP contribution in [0.2, 0.25) is 0 Å². The fraction of sp³-hybridized carbons (Fsp3) is 0.350. The zero-order valence-electron chi connectivity index (χ0n) is 14.2. The molecule has 0 bridgehead atoms. The highest BCUT2D eigenvalue weighted by atomic mass is 16.5. The van der Waals surface area contributed by atoms with Crippen molar-refractivity contribution in [1.29, 1.82) is 0 Å². The molecule has 1 amide bonds. The zero-order valence-corrected chi connectivity index (χ0v) is 14.2. The minimum Gasteiger partial charge on any atom is -0.497 e. The summed E-state index contributed by atoms with van der Waals surface area (Å²) in [6.45, 7) is 1.26. The van der Waals surface area contributed by atoms with Crippen LogP contribution in [0.1, 0.15) is 29.9 Å². The highest BCUT2D eigenvalue weighted by Gasteiger charge is 2.24. The lowest BCUT2D eigenvalue weighted by molar-refractivity contribution is -0.131. The van der Waals surface area contributed by atoms with E-state index in [0.29, 0.717) is 19.6 Å². The van der Waals surface area contributed by atoms with E-state index in [1.54, 1.807) is 12.0 Å². The minimum absolute atomic E-state index is 0.152. The van der Waals surface area contributed by atoms with Crippen molar-refractivity contribution < 1.29 is 14.3 Å². The minimum atomic E-state index is 0.152. The number of methoxy groups -OCH3 is 1. The molecule has 3 rings (SSSR count). The summed E-state index contributed by atoms with van der Waals surface area (Å²) in [4.78, 5) is 14.4. The molecule has 24 heavy (non-hydrogen) atoms. The molecule has 2 aromatic rings. The summed E-state index contributed by atoms with van der Waals surface area (Å²) in [6, 6.07) is 15.8. The maximum Gasteiger partial charge on any atom is 0.223 e. The first-order chi connectivity index (χ1) is 11.7. The summed E-state index contributed by atoms with van der Waals surface area (Å²) in [5.41, 5.74) is 2.21. The van der Waals surface area contributed by atoms with E-state index in [1.807, 2.05) is 49.5 Å². The molecule has 1 heterocycles. The van der Waals surface area contributed by atoms with Crippen LogP contribution in [0.25, 0.3) is 0 Å². The molecular formula is C20H23NO3. The summed E-state index contributed by atoms with van der Waals surface area (Å²) in [6.07, 6.45) is 1.40. The Bertz CT molecular complexity index is 714. The predicted octanol–water partition coefficient (Wildman–Crippen LogP) is 3.61. The second kappa shape index (κ2) is 7.39. The Balaban J connectivity index is 1.64. The van der Waals surface area contributed by atoms with Crippen LogP contribution in [0.15, 0.2) is 48.5 Å². The predicted molar refractivity (Wildman–Crippen MR) is 93.4 cm³/mol. The fourth-order valence-electron chi connectivity index (χ4n) is 3.13. The van der Waals surface area contributed by atoms with E-state index in [2.05, 4.69) is 6.07 Å². The number of hydrogen-bond acceptors (Lipinski definition) is 3. The van der Waals surface area contributed by atoms with E-state index >= 15 is 0 Å². The van der Waals surface area contributed by atoms with E-state index in [-0.39, 0.29) is 11.8 Å². The second-order valence-corrected chi connectivity index (χ2v) is 6.18. The second-order valence-electron chi connectivity index (χ2n) is 6.18. The van der Waals surface area contributed by atoms with Crippen molar-refractivity contribution in [3.05, 3.63) is 59.7 Å². The van der Waals surface area contributed by atoms with Crippen molar-refractivity contribution in [1.82, 2.24) is 4.90 Å². The monoisotopic (exact) mass is 325 g/mol. The van der Waals surface area contributed by atoms with Crippen molar-refractivity contribution in [2.75, 3.05) is 20.8 Å². The number of para-hydroxylation sites is 1. The number of benzene rings is 2. The summed E-state index contributed by atoms with van der Waals surface area (Å²) in [7, 11) is 3.50. The SMILES string of the molecule is COc1cccc(CN(C)C(=O)CC2CCOc3ccccc32)c1. The molecule has 1 aliphatic heterocycles. The number of fused-ring (bicyclic) bond motifs is 1. The van der Waals surface area contributed by atoms with Crippen LogP contribution < -0.4 is 9.47 Å². The number of carbonyl (C=O) groups excluding carboxylic acids is 1. The average molecular weight is 325 g/mol. The van der Waals surface area contributed by atoms with Crippen molar-refractivity contribution in [3.63, 3.8) is 0 Å². The van der Waals surface area contributed by atoms with Crippen LogP contribution in [0.3, 0.4) is 0 Å². The van der Waals surface area contributed by atoms with Gasteiger partial charge < -0.3 is 14.4 Å². The van der Waals surface area contributed by atoms with Crippen molar-refractivity contribution in [2.24, 2.45) is 0 Å². The number of amides is 1. The molecule has 126 valence electrons. The topological polar surface area (TPSA) is 38.8 Å². The normalized spacial score (nSPS) is 16.0. The molecule has 0 radical (unpaired) electrons. The molecule has 4 nitrogen and oxygen atoms in total. The number of hydrogen-bond donors (Lipinski definition) is 0. The summed E-state index contributed by atoms with van der Waals surface area (Å²) in [5.74, 6) is 2.11. The van der Waals surface area contributed by atoms with Gasteiger partial charge in [0.2, 0.25) is 5.91 Å². The van der Waals surface area contributed by atoms with Gasteiger partial charge in [0.25, 0.3) is 0 Å². The summed E-state index contributed by atoms with van der Waals surface area (Å²) in [5, 5.41) is 0. The number of nitrogens with zero attached hydrogens (tertiary/aromatic N) is 1. The Labute approximate surface area is 143 Å². The molecule has 1 aliphatic rings. The standard InChI is InChI=1S/C20H23NO3/c1-21(14-15-6-5-7-17(12-15)23-2)20(22)13-16-10-11-24-19-9-4-3-8-18(16)19/h3-9,12,16H,10-11,13-14H2,1-2H3. The van der Waals surface area contributed by atoms with Gasteiger partial charge in [0.1, 0.15) is 11.5 Å². The van der Waals surface area contributed by atoms with Gasteiger partial charge in [-0.05, 0) is 41.7 Å². The molecule has 0 saturated heterocycles. The highest BCUT2D eigenvalue weighted by molar-refractivity contribution is 5.77.